The van der Waals surface area contributed by atoms with E-state index in [2.05, 4.69) is 53.6 Å². The lowest BCUT2D eigenvalue weighted by Gasteiger charge is -2.39. The maximum absolute atomic E-state index is 11.5. The second-order valence-electron chi connectivity index (χ2n) is 9.51. The largest absolute Gasteiger partial charge is 0.465 e. The molecule has 1 heterocycles. The van der Waals surface area contributed by atoms with Gasteiger partial charge in [0.25, 0.3) is 1.43 Å². The van der Waals surface area contributed by atoms with Crippen LogP contribution in [0.15, 0.2) is 0 Å². The Kier molecular flexibility index (Phi) is 6.54. The van der Waals surface area contributed by atoms with Crippen LogP contribution in [0.2, 0.25) is 0 Å². The van der Waals surface area contributed by atoms with E-state index >= 15 is 0 Å². The standard InChI is InChI=1S/C19H37NO4/c1-17(2,3)23-13-19(7,14-24-18(4,5)6)12-15-8-10-20(11-9-15)16(21)22/h15H,8-14H2,1-7H3,(H,21,22)/i/hD. The van der Waals surface area contributed by atoms with E-state index < -0.39 is 6.09 Å². The summed E-state index contributed by atoms with van der Waals surface area (Å²) < 4.78 is 18.9. The predicted molar refractivity (Wildman–Crippen MR) is 96.5 cm³/mol. The second-order valence-corrected chi connectivity index (χ2v) is 9.51. The van der Waals surface area contributed by atoms with E-state index in [1.165, 1.54) is 0 Å². The van der Waals surface area contributed by atoms with E-state index in [9.17, 15) is 4.79 Å². The average Bonchev–Trinajstić information content (AvgIpc) is 2.50. The highest BCUT2D eigenvalue weighted by molar-refractivity contribution is 5.64. The molecule has 1 aliphatic rings. The van der Waals surface area contributed by atoms with E-state index in [0.29, 0.717) is 32.2 Å². The number of amides is 1. The zero-order valence-corrected chi connectivity index (χ0v) is 16.6. The summed E-state index contributed by atoms with van der Waals surface area (Å²) in [5.74, 6) is 0.520. The van der Waals surface area contributed by atoms with Crippen molar-refractivity contribution in [3.63, 3.8) is 0 Å². The minimum atomic E-state index is -0.548. The number of nitrogens with zero attached hydrogens (tertiary/aromatic N) is 1. The molecule has 142 valence electrons. The molecule has 1 saturated heterocycles. The molecule has 1 aliphatic heterocycles. The van der Waals surface area contributed by atoms with Crippen LogP contribution in [-0.2, 0) is 9.47 Å². The van der Waals surface area contributed by atoms with Gasteiger partial charge in [-0.15, -0.1) is 0 Å². The molecule has 0 radical (unpaired) electrons. The van der Waals surface area contributed by atoms with E-state index in [1.807, 2.05) is 0 Å². The number of piperidine rings is 1. The van der Waals surface area contributed by atoms with Gasteiger partial charge in [-0.2, -0.15) is 0 Å². The molecule has 1 fully saturated rings. The van der Waals surface area contributed by atoms with Crippen molar-refractivity contribution >= 4 is 6.09 Å². The highest BCUT2D eigenvalue weighted by Gasteiger charge is 2.34. The van der Waals surface area contributed by atoms with Crippen molar-refractivity contribution in [2.75, 3.05) is 26.3 Å². The van der Waals surface area contributed by atoms with E-state index in [0.717, 1.165) is 19.3 Å². The molecule has 0 aromatic heterocycles. The van der Waals surface area contributed by atoms with Crippen molar-refractivity contribution in [2.45, 2.75) is 78.9 Å². The van der Waals surface area contributed by atoms with Crippen LogP contribution in [0, 0.1) is 11.3 Å². The van der Waals surface area contributed by atoms with Gasteiger partial charge in [-0.25, -0.2) is 4.79 Å². The number of hydrogen-bond donors (Lipinski definition) is 1. The fraction of sp³-hybridized carbons (Fsp3) is 0.947. The smallest absolute Gasteiger partial charge is 0.407 e. The van der Waals surface area contributed by atoms with Crippen molar-refractivity contribution < 1.29 is 19.4 Å². The van der Waals surface area contributed by atoms with E-state index in [-0.39, 0.29) is 16.6 Å². The molecular weight excluding hydrogens is 306 g/mol. The highest BCUT2D eigenvalue weighted by atomic mass is 16.5. The summed E-state index contributed by atoms with van der Waals surface area (Å²) in [6, 6.07) is 0. The van der Waals surface area contributed by atoms with Crippen LogP contribution in [0.4, 0.5) is 4.79 Å². The van der Waals surface area contributed by atoms with Gasteiger partial charge in [-0.1, -0.05) is 6.92 Å². The molecule has 0 aliphatic carbocycles. The zero-order valence-electron chi connectivity index (χ0n) is 17.6. The number of hydrogen-bond acceptors (Lipinski definition) is 4. The third kappa shape index (κ3) is 8.34. The summed E-state index contributed by atoms with van der Waals surface area (Å²) in [6.45, 7) is 17.3. The van der Waals surface area contributed by atoms with Crippen molar-refractivity contribution in [1.29, 1.82) is 1.43 Å². The fourth-order valence-corrected chi connectivity index (χ4v) is 2.96. The minimum absolute atomic E-state index is 0.0661. The van der Waals surface area contributed by atoms with Gasteiger partial charge in [-0.05, 0) is 66.7 Å². The lowest BCUT2D eigenvalue weighted by Crippen LogP contribution is -2.41. The Balaban J connectivity index is 2.65. The van der Waals surface area contributed by atoms with E-state index in [4.69, 9.17) is 10.9 Å². The summed E-state index contributed by atoms with van der Waals surface area (Å²) in [7, 11) is 0. The van der Waals surface area contributed by atoms with Crippen LogP contribution >= 0.6 is 0 Å². The van der Waals surface area contributed by atoms with Gasteiger partial charge in [0.2, 0.25) is 0 Å². The maximum Gasteiger partial charge on any atom is 0.407 e. The monoisotopic (exact) mass is 344 g/mol. The molecule has 0 spiro atoms. The molecule has 0 aromatic carbocycles. The highest BCUT2D eigenvalue weighted by Crippen LogP contribution is 2.34. The number of rotatable bonds is 6. The molecule has 24 heavy (non-hydrogen) atoms. The molecule has 1 rings (SSSR count). The summed E-state index contributed by atoms with van der Waals surface area (Å²) in [6.07, 6.45) is 2.31. The van der Waals surface area contributed by atoms with Crippen molar-refractivity contribution in [1.82, 2.24) is 4.90 Å². The van der Waals surface area contributed by atoms with Gasteiger partial charge in [0, 0.05) is 18.5 Å². The molecule has 5 nitrogen and oxygen atoms in total. The molecule has 0 bridgehead atoms. The number of carboxylic acid groups (broad SMARTS) is 1. The topological polar surface area (TPSA) is 59.0 Å². The van der Waals surface area contributed by atoms with Crippen LogP contribution in [0.5, 0.6) is 0 Å². The Morgan fingerprint density at radius 3 is 1.88 bits per heavy atom. The molecule has 5 heteroatoms. The van der Waals surface area contributed by atoms with Gasteiger partial charge in [-0.3, -0.25) is 0 Å². The first-order chi connectivity index (χ1) is 11.3. The van der Waals surface area contributed by atoms with Crippen molar-refractivity contribution in [3.05, 3.63) is 0 Å². The molecule has 1 N–H and O–H groups in total. The Bertz CT molecular complexity index is 402. The minimum Gasteiger partial charge on any atom is -0.465 e. The normalized spacial score (nSPS) is 18.5. The van der Waals surface area contributed by atoms with Crippen LogP contribution in [-0.4, -0.2) is 53.6 Å². The third-order valence-corrected chi connectivity index (χ3v) is 4.36. The number of likely N-dealkylation sites (tertiary alicyclic amines) is 1. The quantitative estimate of drug-likeness (QED) is 0.776. The molecule has 0 saturated carbocycles. The molecule has 1 amide bonds. The second kappa shape index (κ2) is 8.05. The number of ether oxygens (including phenoxy) is 2. The molecule has 0 atom stereocenters. The van der Waals surface area contributed by atoms with Gasteiger partial charge < -0.3 is 19.5 Å². The Morgan fingerprint density at radius 2 is 1.50 bits per heavy atom. The predicted octanol–water partition coefficient (Wildman–Crippen LogP) is 4.40. The maximum atomic E-state index is 11.5. The lowest BCUT2D eigenvalue weighted by atomic mass is 9.78. The van der Waals surface area contributed by atoms with Gasteiger partial charge in [0.05, 0.1) is 24.4 Å². The van der Waals surface area contributed by atoms with Crippen molar-refractivity contribution in [3.8, 4) is 0 Å². The average molecular weight is 345 g/mol. The molecule has 0 unspecified atom stereocenters. The van der Waals surface area contributed by atoms with Gasteiger partial charge in [0.15, 0.2) is 0 Å². The first kappa shape index (κ1) is 19.5. The molecule has 0 aromatic rings. The SMILES string of the molecule is [2H]OC(=O)N1CCC(CC(C)(COC(C)(C)C)COC(C)(C)C)CC1. The van der Waals surface area contributed by atoms with Crippen LogP contribution < -0.4 is 0 Å². The van der Waals surface area contributed by atoms with E-state index in [1.54, 1.807) is 4.90 Å². The Morgan fingerprint density at radius 1 is 1.04 bits per heavy atom. The lowest BCUT2D eigenvalue weighted by molar-refractivity contribution is -0.109. The third-order valence-electron chi connectivity index (χ3n) is 4.36. The fourth-order valence-electron chi connectivity index (χ4n) is 2.96. The summed E-state index contributed by atoms with van der Waals surface area (Å²) in [4.78, 5) is 13.1. The van der Waals surface area contributed by atoms with Crippen LogP contribution in [0.3, 0.4) is 0 Å². The van der Waals surface area contributed by atoms with Gasteiger partial charge >= 0.3 is 6.09 Å². The first-order valence-corrected chi connectivity index (χ1v) is 9.04. The first-order valence-electron chi connectivity index (χ1n) is 9.44. The summed E-state index contributed by atoms with van der Waals surface area (Å²) in [5.41, 5.74) is -0.419. The van der Waals surface area contributed by atoms with Crippen LogP contribution in [0.25, 0.3) is 1.43 Å². The summed E-state index contributed by atoms with van der Waals surface area (Å²) >= 11 is 0. The Labute approximate surface area is 149 Å². The summed E-state index contributed by atoms with van der Waals surface area (Å²) in [5, 5.41) is 4.07. The molecular formula is C19H37NO4. The van der Waals surface area contributed by atoms with Gasteiger partial charge in [0.1, 0.15) is 0 Å². The number of carbonyl (C=O) groups is 1. The van der Waals surface area contributed by atoms with Crippen molar-refractivity contribution in [2.24, 2.45) is 11.3 Å². The zero-order chi connectivity index (χ0) is 19.3. The Hall–Kier alpha value is -0.810. The van der Waals surface area contributed by atoms with Crippen LogP contribution in [0.1, 0.15) is 67.7 Å².